The lowest BCUT2D eigenvalue weighted by Gasteiger charge is -2.23. The molecule has 1 aliphatic rings. The number of hydrogen-bond donors (Lipinski definition) is 4. The Labute approximate surface area is 68.7 Å². The van der Waals surface area contributed by atoms with Gasteiger partial charge in [-0.05, 0) is 0 Å². The summed E-state index contributed by atoms with van der Waals surface area (Å²) in [5.41, 5.74) is 0. The van der Waals surface area contributed by atoms with Crippen LogP contribution >= 0.6 is 10.9 Å². The molecule has 0 bridgehead atoms. The lowest BCUT2D eigenvalue weighted by atomic mass is 10.4. The Balaban J connectivity index is 2.86. The van der Waals surface area contributed by atoms with Crippen LogP contribution in [0.3, 0.4) is 0 Å². The van der Waals surface area contributed by atoms with Gasteiger partial charge in [0.05, 0.1) is 17.3 Å². The SMILES string of the molecule is O=C1CC(S(O)(O)O)C(=O)N1O. The average Bonchev–Trinajstić information content (AvgIpc) is 2.15. The molecule has 70 valence electrons. The Hall–Kier alpha value is -0.670. The van der Waals surface area contributed by atoms with E-state index >= 15 is 0 Å². The Kier molecular flexibility index (Phi) is 2.10. The highest BCUT2D eigenvalue weighted by atomic mass is 32.3. The minimum Gasteiger partial charge on any atom is -0.308 e. The van der Waals surface area contributed by atoms with Gasteiger partial charge in [-0.2, -0.15) is 5.06 Å². The molecule has 0 aromatic heterocycles. The van der Waals surface area contributed by atoms with Gasteiger partial charge in [0.15, 0.2) is 0 Å². The van der Waals surface area contributed by atoms with Crippen molar-refractivity contribution in [1.29, 1.82) is 0 Å². The van der Waals surface area contributed by atoms with Crippen LogP contribution in [0.25, 0.3) is 0 Å². The summed E-state index contributed by atoms with van der Waals surface area (Å²) >= 11 is 0. The van der Waals surface area contributed by atoms with E-state index < -0.39 is 34.4 Å². The van der Waals surface area contributed by atoms with Gasteiger partial charge in [0.25, 0.3) is 11.8 Å². The molecular weight excluding hydrogens is 190 g/mol. The summed E-state index contributed by atoms with van der Waals surface area (Å²) in [6.07, 6.45) is -0.589. The van der Waals surface area contributed by atoms with Crippen molar-refractivity contribution in [3.05, 3.63) is 0 Å². The molecule has 0 aromatic rings. The number of rotatable bonds is 1. The molecule has 0 spiro atoms. The van der Waals surface area contributed by atoms with Crippen molar-refractivity contribution in [2.24, 2.45) is 0 Å². The third kappa shape index (κ3) is 1.42. The Morgan fingerprint density at radius 1 is 1.33 bits per heavy atom. The second-order valence-corrected chi connectivity index (χ2v) is 3.99. The van der Waals surface area contributed by atoms with Gasteiger partial charge < -0.3 is 13.7 Å². The van der Waals surface area contributed by atoms with Crippen LogP contribution in [-0.2, 0) is 9.59 Å². The summed E-state index contributed by atoms with van der Waals surface area (Å²) in [5, 5.41) is 6.76. The van der Waals surface area contributed by atoms with Gasteiger partial charge >= 0.3 is 0 Å². The Morgan fingerprint density at radius 2 is 1.83 bits per heavy atom. The maximum atomic E-state index is 10.8. The maximum absolute atomic E-state index is 10.8. The van der Waals surface area contributed by atoms with Crippen LogP contribution in [0, 0.1) is 0 Å². The van der Waals surface area contributed by atoms with Gasteiger partial charge in [0.2, 0.25) is 0 Å². The molecule has 7 nitrogen and oxygen atoms in total. The minimum absolute atomic E-state index is 0.227. The van der Waals surface area contributed by atoms with Crippen molar-refractivity contribution in [2.75, 3.05) is 0 Å². The first kappa shape index (κ1) is 9.42. The van der Waals surface area contributed by atoms with E-state index in [0.29, 0.717) is 0 Å². The monoisotopic (exact) mass is 197 g/mol. The van der Waals surface area contributed by atoms with Crippen LogP contribution in [0.5, 0.6) is 0 Å². The molecule has 0 saturated carbocycles. The van der Waals surface area contributed by atoms with Crippen molar-refractivity contribution in [2.45, 2.75) is 11.7 Å². The number of hydroxylamine groups is 2. The fourth-order valence-corrected chi connectivity index (χ4v) is 1.58. The normalized spacial score (nSPS) is 26.7. The standard InChI is InChI=1S/C4H7NO6S/c6-3-1-2(12(9,10)11)4(7)5(3)8/h2,8-11H,1H2. The molecule has 1 atom stereocenters. The molecular formula is C4H7NO6S. The smallest absolute Gasteiger partial charge is 0.272 e. The topological polar surface area (TPSA) is 118 Å². The predicted molar refractivity (Wildman–Crippen MR) is 37.5 cm³/mol. The summed E-state index contributed by atoms with van der Waals surface area (Å²) < 4.78 is 25.8. The number of carbonyl (C=O) groups is 2. The molecule has 12 heavy (non-hydrogen) atoms. The highest BCUT2D eigenvalue weighted by Gasteiger charge is 2.47. The maximum Gasteiger partial charge on any atom is 0.272 e. The van der Waals surface area contributed by atoms with Crippen molar-refractivity contribution >= 4 is 22.7 Å². The molecule has 4 N–H and O–H groups in total. The van der Waals surface area contributed by atoms with Crippen LogP contribution in [-0.4, -0.2) is 41.0 Å². The Bertz CT molecular complexity index is 234. The van der Waals surface area contributed by atoms with E-state index in [4.69, 9.17) is 18.9 Å². The van der Waals surface area contributed by atoms with Gasteiger partial charge in [0.1, 0.15) is 5.25 Å². The minimum atomic E-state index is -4.09. The molecule has 0 aromatic carbocycles. The molecule has 1 heterocycles. The third-order valence-electron chi connectivity index (χ3n) is 1.46. The van der Waals surface area contributed by atoms with Crippen LogP contribution in [0.2, 0.25) is 0 Å². The van der Waals surface area contributed by atoms with E-state index in [9.17, 15) is 9.59 Å². The number of carbonyl (C=O) groups excluding carboxylic acids is 2. The van der Waals surface area contributed by atoms with E-state index in [1.54, 1.807) is 0 Å². The highest BCUT2D eigenvalue weighted by molar-refractivity contribution is 8.20. The van der Waals surface area contributed by atoms with Gasteiger partial charge in [-0.25, -0.2) is 0 Å². The fourth-order valence-electron chi connectivity index (χ4n) is 0.839. The summed E-state index contributed by atoms with van der Waals surface area (Å²) in [6, 6.07) is 0. The second kappa shape index (κ2) is 2.68. The lowest BCUT2D eigenvalue weighted by molar-refractivity contribution is -0.171. The van der Waals surface area contributed by atoms with Crippen molar-refractivity contribution in [3.63, 3.8) is 0 Å². The molecule has 1 saturated heterocycles. The molecule has 1 rings (SSSR count). The molecule has 0 aliphatic carbocycles. The average molecular weight is 197 g/mol. The molecule has 1 unspecified atom stereocenters. The van der Waals surface area contributed by atoms with Crippen molar-refractivity contribution in [1.82, 2.24) is 5.06 Å². The molecule has 2 amide bonds. The van der Waals surface area contributed by atoms with Crippen LogP contribution < -0.4 is 0 Å². The van der Waals surface area contributed by atoms with E-state index in [-0.39, 0.29) is 5.06 Å². The molecule has 8 heteroatoms. The van der Waals surface area contributed by atoms with E-state index in [1.807, 2.05) is 0 Å². The summed E-state index contributed by atoms with van der Waals surface area (Å²) in [6.45, 7) is 0. The van der Waals surface area contributed by atoms with Gasteiger partial charge in [-0.3, -0.25) is 14.8 Å². The molecule has 1 aliphatic heterocycles. The number of imide groups is 1. The zero-order chi connectivity index (χ0) is 9.52. The van der Waals surface area contributed by atoms with Gasteiger partial charge in [-0.1, -0.05) is 0 Å². The molecule has 0 radical (unpaired) electrons. The number of nitrogens with zero attached hydrogens (tertiary/aromatic N) is 1. The highest BCUT2D eigenvalue weighted by Crippen LogP contribution is 2.44. The quantitative estimate of drug-likeness (QED) is 0.339. The first-order chi connectivity index (χ1) is 5.34. The van der Waals surface area contributed by atoms with Gasteiger partial charge in [0, 0.05) is 0 Å². The van der Waals surface area contributed by atoms with Crippen molar-refractivity contribution < 1.29 is 28.5 Å². The van der Waals surface area contributed by atoms with Crippen LogP contribution in [0.4, 0.5) is 0 Å². The summed E-state index contributed by atoms with van der Waals surface area (Å²) in [4.78, 5) is 21.3. The van der Waals surface area contributed by atoms with E-state index in [0.717, 1.165) is 0 Å². The van der Waals surface area contributed by atoms with E-state index in [1.165, 1.54) is 0 Å². The third-order valence-corrected chi connectivity index (χ3v) is 2.59. The largest absolute Gasteiger partial charge is 0.308 e. The first-order valence-electron chi connectivity index (χ1n) is 2.89. The first-order valence-corrected chi connectivity index (χ1v) is 4.46. The van der Waals surface area contributed by atoms with Crippen LogP contribution in [0.1, 0.15) is 6.42 Å². The van der Waals surface area contributed by atoms with Gasteiger partial charge in [-0.15, -0.1) is 0 Å². The lowest BCUT2D eigenvalue weighted by Crippen LogP contribution is -2.30. The zero-order valence-corrected chi connectivity index (χ0v) is 6.56. The number of hydrogen-bond acceptors (Lipinski definition) is 6. The summed E-state index contributed by atoms with van der Waals surface area (Å²) in [7, 11) is -4.09. The predicted octanol–water partition coefficient (Wildman–Crippen LogP) is -0.273. The van der Waals surface area contributed by atoms with Crippen LogP contribution in [0.15, 0.2) is 0 Å². The fraction of sp³-hybridized carbons (Fsp3) is 0.500. The zero-order valence-electron chi connectivity index (χ0n) is 5.75. The van der Waals surface area contributed by atoms with E-state index in [2.05, 4.69) is 0 Å². The second-order valence-electron chi connectivity index (χ2n) is 2.30. The molecule has 1 fully saturated rings. The van der Waals surface area contributed by atoms with Crippen molar-refractivity contribution in [3.8, 4) is 0 Å². The summed E-state index contributed by atoms with van der Waals surface area (Å²) in [5.74, 6) is -2.15. The number of amides is 2. The Morgan fingerprint density at radius 3 is 2.00 bits per heavy atom.